The van der Waals surface area contributed by atoms with Crippen LogP contribution < -0.4 is 0 Å². The van der Waals surface area contributed by atoms with Crippen LogP contribution in [-0.4, -0.2) is 37.2 Å². The molecule has 0 aromatic carbocycles. The number of carbonyl (C=O) groups is 1. The monoisotopic (exact) mass is 282 g/mol. The predicted molar refractivity (Wildman–Crippen MR) is 77.3 cm³/mol. The number of aliphatic carboxylic acids is 1. The Morgan fingerprint density at radius 3 is 2.39 bits per heavy atom. The third-order valence-corrected chi connectivity index (χ3v) is 4.14. The zero-order chi connectivity index (χ0) is 13.6. The first kappa shape index (κ1) is 13.2. The molecule has 96 valence electrons. The molecule has 1 N–H and O–H groups in total. The van der Waals surface area contributed by atoms with Gasteiger partial charge >= 0.3 is 5.97 Å². The predicted octanol–water partition coefficient (Wildman–Crippen LogP) is 1.88. The Hall–Kier alpha value is -1.27. The lowest BCUT2D eigenvalue weighted by Crippen LogP contribution is -2.35. The van der Waals surface area contributed by atoms with E-state index < -0.39 is 5.97 Å². The highest BCUT2D eigenvalue weighted by atomic mass is 32.1. The third-order valence-electron chi connectivity index (χ3n) is 3.32. The van der Waals surface area contributed by atoms with Crippen LogP contribution in [0.2, 0.25) is 0 Å². The SMILES string of the molecule is CCc1c(C)c2n(c1C)C(=S)N(CC(=O)O)C2=S. The van der Waals surface area contributed by atoms with Gasteiger partial charge in [-0.1, -0.05) is 19.1 Å². The van der Waals surface area contributed by atoms with Gasteiger partial charge in [0.15, 0.2) is 5.11 Å². The van der Waals surface area contributed by atoms with Gasteiger partial charge in [-0.15, -0.1) is 0 Å². The van der Waals surface area contributed by atoms with E-state index in [4.69, 9.17) is 29.5 Å². The molecule has 2 rings (SSSR count). The molecule has 1 aromatic rings. The fourth-order valence-corrected chi connectivity index (χ4v) is 3.35. The highest BCUT2D eigenvalue weighted by molar-refractivity contribution is 7.82. The summed E-state index contributed by atoms with van der Waals surface area (Å²) in [4.78, 5) is 12.9. The van der Waals surface area contributed by atoms with Crippen LogP contribution >= 0.6 is 24.4 Å². The lowest BCUT2D eigenvalue weighted by molar-refractivity contribution is -0.136. The first-order chi connectivity index (χ1) is 8.40. The number of thiocarbonyl (C=S) groups is 2. The van der Waals surface area contributed by atoms with Gasteiger partial charge in [-0.05, 0) is 43.6 Å². The maximum absolute atomic E-state index is 10.8. The average Bonchev–Trinajstić information content (AvgIpc) is 2.68. The molecule has 0 atom stereocenters. The number of carboxylic acid groups (broad SMARTS) is 1. The molecule has 1 aliphatic rings. The summed E-state index contributed by atoms with van der Waals surface area (Å²) in [5.41, 5.74) is 4.29. The Bertz CT molecular complexity index is 536. The molecule has 0 unspecified atom stereocenters. The van der Waals surface area contributed by atoms with Crippen molar-refractivity contribution in [2.24, 2.45) is 0 Å². The van der Waals surface area contributed by atoms with E-state index in [-0.39, 0.29) is 6.54 Å². The summed E-state index contributed by atoms with van der Waals surface area (Å²) in [6.07, 6.45) is 0.918. The van der Waals surface area contributed by atoms with Gasteiger partial charge in [0, 0.05) is 5.69 Å². The molecular formula is C12H14N2O2S2. The largest absolute Gasteiger partial charge is 0.480 e. The molecule has 1 aromatic heterocycles. The van der Waals surface area contributed by atoms with Gasteiger partial charge in [0.25, 0.3) is 0 Å². The summed E-state index contributed by atoms with van der Waals surface area (Å²) in [7, 11) is 0. The molecule has 6 heteroatoms. The van der Waals surface area contributed by atoms with Crippen molar-refractivity contribution in [1.29, 1.82) is 0 Å². The zero-order valence-electron chi connectivity index (χ0n) is 10.5. The van der Waals surface area contributed by atoms with E-state index in [1.165, 1.54) is 10.5 Å². The number of nitrogens with zero attached hydrogens (tertiary/aromatic N) is 2. The second kappa shape index (κ2) is 4.44. The van der Waals surface area contributed by atoms with Gasteiger partial charge in [0.2, 0.25) is 0 Å². The Morgan fingerprint density at radius 1 is 1.33 bits per heavy atom. The van der Waals surface area contributed by atoms with E-state index in [1.807, 2.05) is 18.4 Å². The van der Waals surface area contributed by atoms with E-state index in [2.05, 4.69) is 6.92 Å². The summed E-state index contributed by atoms with van der Waals surface area (Å²) in [6.45, 7) is 5.91. The lowest BCUT2D eigenvalue weighted by atomic mass is 10.1. The fourth-order valence-electron chi connectivity index (χ4n) is 2.51. The molecular weight excluding hydrogens is 268 g/mol. The topological polar surface area (TPSA) is 45.5 Å². The van der Waals surface area contributed by atoms with Crippen molar-refractivity contribution in [3.05, 3.63) is 22.5 Å². The van der Waals surface area contributed by atoms with Gasteiger partial charge in [-0.3, -0.25) is 14.3 Å². The Labute approximate surface area is 116 Å². The van der Waals surface area contributed by atoms with Crippen molar-refractivity contribution in [3.63, 3.8) is 0 Å². The van der Waals surface area contributed by atoms with Crippen LogP contribution in [0.5, 0.6) is 0 Å². The number of carboxylic acids is 1. The molecule has 0 radical (unpaired) electrons. The van der Waals surface area contributed by atoms with E-state index >= 15 is 0 Å². The molecule has 1 aliphatic heterocycles. The van der Waals surface area contributed by atoms with Crippen LogP contribution in [0.25, 0.3) is 0 Å². The molecule has 0 amide bonds. The van der Waals surface area contributed by atoms with E-state index in [9.17, 15) is 4.79 Å². The van der Waals surface area contributed by atoms with Gasteiger partial charge < -0.3 is 5.11 Å². The molecule has 0 aliphatic carbocycles. The molecule has 18 heavy (non-hydrogen) atoms. The highest BCUT2D eigenvalue weighted by Gasteiger charge is 2.35. The Morgan fingerprint density at radius 2 is 1.94 bits per heavy atom. The molecule has 0 spiro atoms. The van der Waals surface area contributed by atoms with Gasteiger partial charge in [-0.2, -0.15) is 0 Å². The van der Waals surface area contributed by atoms with Crippen LogP contribution in [0.3, 0.4) is 0 Å². The van der Waals surface area contributed by atoms with Crippen LogP contribution in [-0.2, 0) is 11.2 Å². The molecule has 0 fully saturated rings. The average molecular weight is 282 g/mol. The van der Waals surface area contributed by atoms with Crippen LogP contribution in [0.4, 0.5) is 0 Å². The minimum Gasteiger partial charge on any atom is -0.480 e. The summed E-state index contributed by atoms with van der Waals surface area (Å²) in [6, 6.07) is 0. The maximum Gasteiger partial charge on any atom is 0.323 e. The van der Waals surface area contributed by atoms with E-state index in [0.29, 0.717) is 10.1 Å². The van der Waals surface area contributed by atoms with E-state index in [0.717, 1.165) is 23.4 Å². The normalized spacial score (nSPS) is 14.3. The van der Waals surface area contributed by atoms with Crippen molar-refractivity contribution in [1.82, 2.24) is 9.47 Å². The second-order valence-electron chi connectivity index (χ2n) is 4.29. The first-order valence-electron chi connectivity index (χ1n) is 5.68. The van der Waals surface area contributed by atoms with Crippen molar-refractivity contribution < 1.29 is 9.90 Å². The minimum atomic E-state index is -0.934. The fraction of sp³-hybridized carbons (Fsp3) is 0.417. The summed E-state index contributed by atoms with van der Waals surface area (Å²) < 4.78 is 1.90. The molecule has 0 saturated carbocycles. The minimum absolute atomic E-state index is 0.181. The first-order valence-corrected chi connectivity index (χ1v) is 6.50. The van der Waals surface area contributed by atoms with Gasteiger partial charge in [-0.25, -0.2) is 0 Å². The van der Waals surface area contributed by atoms with Crippen molar-refractivity contribution in [2.75, 3.05) is 6.54 Å². The quantitative estimate of drug-likeness (QED) is 0.858. The number of fused-ring (bicyclic) bond motifs is 1. The number of aromatic nitrogens is 1. The smallest absolute Gasteiger partial charge is 0.323 e. The molecule has 0 bridgehead atoms. The van der Waals surface area contributed by atoms with Crippen molar-refractivity contribution in [3.8, 4) is 0 Å². The van der Waals surface area contributed by atoms with Crippen molar-refractivity contribution >= 4 is 40.5 Å². The summed E-state index contributed by atoms with van der Waals surface area (Å²) in [5, 5.41) is 9.37. The zero-order valence-corrected chi connectivity index (χ0v) is 12.1. The molecule has 0 saturated heterocycles. The third kappa shape index (κ3) is 1.67. The number of rotatable bonds is 3. The summed E-state index contributed by atoms with van der Waals surface area (Å²) >= 11 is 10.7. The van der Waals surface area contributed by atoms with Crippen LogP contribution in [0, 0.1) is 13.8 Å². The van der Waals surface area contributed by atoms with Gasteiger partial charge in [0.05, 0.1) is 5.69 Å². The highest BCUT2D eigenvalue weighted by Crippen LogP contribution is 2.29. The molecule has 4 nitrogen and oxygen atoms in total. The number of hydrogen-bond donors (Lipinski definition) is 1. The number of hydrogen-bond acceptors (Lipinski definition) is 3. The second-order valence-corrected chi connectivity index (χ2v) is 5.05. The van der Waals surface area contributed by atoms with Crippen molar-refractivity contribution in [2.45, 2.75) is 27.2 Å². The Balaban J connectivity index is 2.55. The summed E-state index contributed by atoms with van der Waals surface area (Å²) in [5.74, 6) is -0.934. The standard InChI is InChI=1S/C12H14N2O2S2/c1-4-8-6(2)10-11(17)13(5-9(15)16)12(18)14(10)7(8)3/h4-5H2,1-3H3,(H,15,16). The Kier molecular flexibility index (Phi) is 3.25. The lowest BCUT2D eigenvalue weighted by Gasteiger charge is -2.16. The molecule has 2 heterocycles. The van der Waals surface area contributed by atoms with Crippen LogP contribution in [0.15, 0.2) is 0 Å². The van der Waals surface area contributed by atoms with E-state index in [1.54, 1.807) is 0 Å². The van der Waals surface area contributed by atoms with Crippen LogP contribution in [0.1, 0.15) is 29.4 Å². The maximum atomic E-state index is 10.8. The van der Waals surface area contributed by atoms with Gasteiger partial charge in [0.1, 0.15) is 11.5 Å².